The molecule has 6 nitrogen and oxygen atoms in total. The van der Waals surface area contributed by atoms with Gasteiger partial charge in [-0.3, -0.25) is 4.79 Å². The second-order valence-corrected chi connectivity index (χ2v) is 8.41. The van der Waals surface area contributed by atoms with Crippen LogP contribution in [-0.2, 0) is 18.7 Å². The molecule has 5 rings (SSSR count). The molecule has 1 saturated heterocycles. The van der Waals surface area contributed by atoms with Crippen LogP contribution in [0.2, 0.25) is 0 Å². The molecule has 130 valence electrons. The molecule has 3 aliphatic rings. The van der Waals surface area contributed by atoms with Gasteiger partial charge in [0, 0.05) is 43.2 Å². The molecular weight excluding hydrogens is 334 g/mol. The quantitative estimate of drug-likeness (QED) is 0.834. The Labute approximate surface area is 150 Å². The van der Waals surface area contributed by atoms with E-state index in [1.165, 1.54) is 18.4 Å². The number of rotatable bonds is 4. The van der Waals surface area contributed by atoms with Crippen LogP contribution >= 0.6 is 11.8 Å². The van der Waals surface area contributed by atoms with Gasteiger partial charge in [-0.1, -0.05) is 0 Å². The van der Waals surface area contributed by atoms with Crippen molar-refractivity contribution in [3.63, 3.8) is 0 Å². The van der Waals surface area contributed by atoms with Crippen molar-refractivity contribution < 1.29 is 0 Å². The second kappa shape index (κ2) is 6.12. The number of nitrogens with zero attached hydrogens (tertiary/aromatic N) is 5. The molecule has 25 heavy (non-hydrogen) atoms. The highest BCUT2D eigenvalue weighted by Gasteiger charge is 2.30. The first-order valence-corrected chi connectivity index (χ1v) is 10.2. The largest absolute Gasteiger partial charge is 0.354 e. The van der Waals surface area contributed by atoms with Crippen molar-refractivity contribution in [2.75, 3.05) is 23.7 Å². The van der Waals surface area contributed by atoms with E-state index in [-0.39, 0.29) is 5.56 Å². The molecule has 0 radical (unpaired) electrons. The Morgan fingerprint density at radius 1 is 1.20 bits per heavy atom. The van der Waals surface area contributed by atoms with E-state index in [0.717, 1.165) is 48.2 Å². The standard InChI is InChI=1S/C18H21N5OS/c24-18-4-3-16(13-1-2-13)21-23(18)10-12-8-22(9-12)17-7-14-11-25-6-5-15(14)19-20-17/h3-4,7,12-13H,1-2,5-6,8-11H2. The van der Waals surface area contributed by atoms with Gasteiger partial charge in [0.05, 0.1) is 17.9 Å². The molecule has 2 aromatic rings. The fraction of sp³-hybridized carbons (Fsp3) is 0.556. The van der Waals surface area contributed by atoms with E-state index >= 15 is 0 Å². The lowest BCUT2D eigenvalue weighted by atomic mass is 10.00. The summed E-state index contributed by atoms with van der Waals surface area (Å²) in [6.07, 6.45) is 3.44. The number of hydrogen-bond donors (Lipinski definition) is 0. The van der Waals surface area contributed by atoms with E-state index < -0.39 is 0 Å². The molecule has 0 aromatic carbocycles. The van der Waals surface area contributed by atoms with Gasteiger partial charge < -0.3 is 4.90 Å². The molecule has 1 saturated carbocycles. The van der Waals surface area contributed by atoms with Crippen molar-refractivity contribution >= 4 is 17.6 Å². The summed E-state index contributed by atoms with van der Waals surface area (Å²) in [5.41, 5.74) is 3.58. The Morgan fingerprint density at radius 2 is 2.08 bits per heavy atom. The molecule has 0 N–H and O–H groups in total. The van der Waals surface area contributed by atoms with Gasteiger partial charge in [-0.25, -0.2) is 4.68 Å². The highest BCUT2D eigenvalue weighted by atomic mass is 32.2. The predicted octanol–water partition coefficient (Wildman–Crippen LogP) is 1.84. The zero-order valence-corrected chi connectivity index (χ0v) is 14.9. The molecule has 0 bridgehead atoms. The summed E-state index contributed by atoms with van der Waals surface area (Å²) in [5, 5.41) is 13.4. The number of fused-ring (bicyclic) bond motifs is 1. The van der Waals surface area contributed by atoms with Gasteiger partial charge in [-0.05, 0) is 36.3 Å². The minimum Gasteiger partial charge on any atom is -0.354 e. The lowest BCUT2D eigenvalue weighted by Crippen LogP contribution is -2.50. The minimum absolute atomic E-state index is 0.00782. The molecule has 1 aliphatic carbocycles. The van der Waals surface area contributed by atoms with Gasteiger partial charge in [0.15, 0.2) is 5.82 Å². The third-order valence-electron chi connectivity index (χ3n) is 5.28. The fourth-order valence-electron chi connectivity index (χ4n) is 3.59. The maximum atomic E-state index is 12.1. The first-order valence-electron chi connectivity index (χ1n) is 9.02. The fourth-order valence-corrected chi connectivity index (χ4v) is 4.55. The molecule has 2 aliphatic heterocycles. The van der Waals surface area contributed by atoms with Crippen LogP contribution in [0, 0.1) is 5.92 Å². The molecule has 4 heterocycles. The highest BCUT2D eigenvalue weighted by Crippen LogP contribution is 2.38. The summed E-state index contributed by atoms with van der Waals surface area (Å²) >= 11 is 1.96. The van der Waals surface area contributed by atoms with Gasteiger partial charge in [0.25, 0.3) is 5.56 Å². The Balaban J connectivity index is 1.25. The molecule has 2 fully saturated rings. The average Bonchev–Trinajstić information content (AvgIpc) is 3.44. The van der Waals surface area contributed by atoms with Crippen molar-refractivity contribution in [3.05, 3.63) is 45.5 Å². The normalized spacial score (nSPS) is 20.2. The Hall–Kier alpha value is -1.89. The van der Waals surface area contributed by atoms with Gasteiger partial charge in [-0.15, -0.1) is 5.10 Å². The number of hydrogen-bond acceptors (Lipinski definition) is 6. The van der Waals surface area contributed by atoms with E-state index in [1.54, 1.807) is 10.7 Å². The third kappa shape index (κ3) is 3.05. The number of anilines is 1. The van der Waals surface area contributed by atoms with Crippen LogP contribution in [-0.4, -0.2) is 38.8 Å². The minimum atomic E-state index is 0.00782. The third-order valence-corrected chi connectivity index (χ3v) is 6.29. The summed E-state index contributed by atoms with van der Waals surface area (Å²) < 4.78 is 1.66. The summed E-state index contributed by atoms with van der Waals surface area (Å²) in [4.78, 5) is 14.3. The molecule has 7 heteroatoms. The maximum absolute atomic E-state index is 12.1. The van der Waals surface area contributed by atoms with E-state index in [9.17, 15) is 4.79 Å². The van der Waals surface area contributed by atoms with Crippen LogP contribution in [0.15, 0.2) is 23.0 Å². The smallest absolute Gasteiger partial charge is 0.266 e. The first-order chi connectivity index (χ1) is 12.3. The maximum Gasteiger partial charge on any atom is 0.266 e. The molecular formula is C18H21N5OS. The van der Waals surface area contributed by atoms with Crippen LogP contribution in [0.4, 0.5) is 5.82 Å². The van der Waals surface area contributed by atoms with Gasteiger partial charge >= 0.3 is 0 Å². The Kier molecular flexibility index (Phi) is 3.77. The van der Waals surface area contributed by atoms with Crippen molar-refractivity contribution in [1.29, 1.82) is 0 Å². The highest BCUT2D eigenvalue weighted by molar-refractivity contribution is 7.98. The van der Waals surface area contributed by atoms with Crippen LogP contribution < -0.4 is 10.5 Å². The number of thioether (sulfide) groups is 1. The monoisotopic (exact) mass is 355 g/mol. The van der Waals surface area contributed by atoms with Crippen LogP contribution in [0.3, 0.4) is 0 Å². The summed E-state index contributed by atoms with van der Waals surface area (Å²) in [5.74, 6) is 4.20. The Morgan fingerprint density at radius 3 is 2.92 bits per heavy atom. The van der Waals surface area contributed by atoms with Crippen molar-refractivity contribution in [1.82, 2.24) is 20.0 Å². The van der Waals surface area contributed by atoms with E-state index in [4.69, 9.17) is 0 Å². The van der Waals surface area contributed by atoms with Crippen LogP contribution in [0.1, 0.15) is 35.7 Å². The van der Waals surface area contributed by atoms with E-state index in [1.807, 2.05) is 17.8 Å². The zero-order chi connectivity index (χ0) is 16.8. The van der Waals surface area contributed by atoms with Crippen LogP contribution in [0.25, 0.3) is 0 Å². The van der Waals surface area contributed by atoms with Crippen molar-refractivity contribution in [2.45, 2.75) is 37.5 Å². The number of aryl methyl sites for hydroxylation is 1. The van der Waals surface area contributed by atoms with Gasteiger partial charge in [0.2, 0.25) is 0 Å². The molecule has 0 amide bonds. The van der Waals surface area contributed by atoms with Crippen molar-refractivity contribution in [2.24, 2.45) is 5.92 Å². The van der Waals surface area contributed by atoms with E-state index in [0.29, 0.717) is 18.4 Å². The lowest BCUT2D eigenvalue weighted by molar-refractivity contribution is 0.330. The molecule has 0 unspecified atom stereocenters. The number of aromatic nitrogens is 4. The van der Waals surface area contributed by atoms with E-state index in [2.05, 4.69) is 26.3 Å². The van der Waals surface area contributed by atoms with Gasteiger partial charge in [-0.2, -0.15) is 22.0 Å². The molecule has 0 spiro atoms. The SMILES string of the molecule is O=c1ccc(C2CC2)nn1CC1CN(c2cc3c(nn2)CCSC3)C1. The lowest BCUT2D eigenvalue weighted by Gasteiger charge is -2.40. The Bertz CT molecular complexity index is 857. The summed E-state index contributed by atoms with van der Waals surface area (Å²) in [7, 11) is 0. The topological polar surface area (TPSA) is 63.9 Å². The summed E-state index contributed by atoms with van der Waals surface area (Å²) in [6, 6.07) is 5.76. The second-order valence-electron chi connectivity index (χ2n) is 7.30. The summed E-state index contributed by atoms with van der Waals surface area (Å²) in [6.45, 7) is 2.54. The van der Waals surface area contributed by atoms with Crippen molar-refractivity contribution in [3.8, 4) is 0 Å². The average molecular weight is 355 g/mol. The predicted molar refractivity (Wildman–Crippen MR) is 98.1 cm³/mol. The van der Waals surface area contributed by atoms with Gasteiger partial charge in [0.1, 0.15) is 0 Å². The zero-order valence-electron chi connectivity index (χ0n) is 14.1. The molecule has 0 atom stereocenters. The molecule has 2 aromatic heterocycles. The van der Waals surface area contributed by atoms with Crippen LogP contribution in [0.5, 0.6) is 0 Å². The first kappa shape index (κ1) is 15.4.